The van der Waals surface area contributed by atoms with E-state index in [0.29, 0.717) is 27.0 Å². The van der Waals surface area contributed by atoms with E-state index in [9.17, 15) is 18.8 Å². The number of ether oxygens (including phenoxy) is 1. The molecule has 0 radical (unpaired) electrons. The largest absolute Gasteiger partial charge is 0.488 e. The molecular weight excluding hydrogens is 503 g/mol. The average molecular weight is 523 g/mol. The van der Waals surface area contributed by atoms with Crippen LogP contribution in [-0.4, -0.2) is 17.8 Å². The van der Waals surface area contributed by atoms with E-state index in [1.807, 2.05) is 13.0 Å². The molecule has 0 bridgehead atoms. The van der Waals surface area contributed by atoms with Crippen LogP contribution in [0.5, 0.6) is 5.75 Å². The molecule has 4 rings (SSSR count). The Morgan fingerprint density at radius 3 is 2.56 bits per heavy atom. The van der Waals surface area contributed by atoms with E-state index in [1.54, 1.807) is 55.5 Å². The lowest BCUT2D eigenvalue weighted by Crippen LogP contribution is -2.54. The molecule has 1 saturated heterocycles. The van der Waals surface area contributed by atoms with Crippen LogP contribution in [0.2, 0.25) is 0 Å². The van der Waals surface area contributed by atoms with Crippen molar-refractivity contribution in [2.45, 2.75) is 20.5 Å². The van der Waals surface area contributed by atoms with Crippen LogP contribution in [0.15, 0.2) is 70.7 Å². The van der Waals surface area contributed by atoms with E-state index in [0.717, 1.165) is 16.0 Å². The molecule has 0 atom stereocenters. The maximum Gasteiger partial charge on any atom is 0.335 e. The van der Waals surface area contributed by atoms with Gasteiger partial charge in [-0.2, -0.15) is 0 Å². The maximum atomic E-state index is 14.0. The SMILES string of the molecule is Cc1cccc(N2C(=O)NC(=O)/C(=C\c3cc(Br)ccc3OCc3ccccc3F)C2=O)c1C. The molecule has 1 N–H and O–H groups in total. The third-order valence-corrected chi connectivity index (χ3v) is 6.02. The van der Waals surface area contributed by atoms with Crippen molar-refractivity contribution in [1.29, 1.82) is 0 Å². The molecule has 0 aliphatic carbocycles. The summed E-state index contributed by atoms with van der Waals surface area (Å²) < 4.78 is 20.5. The molecular formula is C26H20BrFN2O4. The zero-order valence-corrected chi connectivity index (χ0v) is 20.0. The van der Waals surface area contributed by atoms with Crippen molar-refractivity contribution in [3.05, 3.63) is 98.8 Å². The first kappa shape index (κ1) is 23.4. The fourth-order valence-corrected chi connectivity index (χ4v) is 3.92. The number of imide groups is 2. The van der Waals surface area contributed by atoms with Gasteiger partial charge in [-0.05, 0) is 61.4 Å². The number of nitrogens with one attached hydrogen (secondary N) is 1. The van der Waals surface area contributed by atoms with Crippen LogP contribution in [-0.2, 0) is 16.2 Å². The van der Waals surface area contributed by atoms with E-state index in [1.165, 1.54) is 12.1 Å². The molecule has 1 aliphatic rings. The van der Waals surface area contributed by atoms with E-state index in [-0.39, 0.29) is 12.2 Å². The molecule has 3 aromatic rings. The molecule has 0 aromatic heterocycles. The summed E-state index contributed by atoms with van der Waals surface area (Å²) in [7, 11) is 0. The molecule has 34 heavy (non-hydrogen) atoms. The molecule has 0 unspecified atom stereocenters. The highest BCUT2D eigenvalue weighted by molar-refractivity contribution is 9.10. The number of carbonyl (C=O) groups excluding carboxylic acids is 3. The first-order valence-corrected chi connectivity index (χ1v) is 11.2. The standard InChI is InChI=1S/C26H20BrFN2O4/c1-15-6-5-9-22(16(15)2)30-25(32)20(24(31)29-26(30)33)13-18-12-19(27)10-11-23(18)34-14-17-7-3-4-8-21(17)28/h3-13H,14H2,1-2H3,(H,29,31,33)/b20-13+. The molecule has 1 fully saturated rings. The average Bonchev–Trinajstić information content (AvgIpc) is 2.79. The fourth-order valence-electron chi connectivity index (χ4n) is 3.54. The van der Waals surface area contributed by atoms with Crippen molar-refractivity contribution in [3.8, 4) is 5.75 Å². The monoisotopic (exact) mass is 522 g/mol. The minimum absolute atomic E-state index is 0.0439. The molecule has 172 valence electrons. The normalized spacial score (nSPS) is 15.0. The Balaban J connectivity index is 1.71. The van der Waals surface area contributed by atoms with Gasteiger partial charge in [0.25, 0.3) is 11.8 Å². The number of hydrogen-bond donors (Lipinski definition) is 1. The van der Waals surface area contributed by atoms with Gasteiger partial charge in [-0.3, -0.25) is 14.9 Å². The van der Waals surface area contributed by atoms with Crippen molar-refractivity contribution in [2.24, 2.45) is 0 Å². The number of nitrogens with zero attached hydrogens (tertiary/aromatic N) is 1. The predicted molar refractivity (Wildman–Crippen MR) is 130 cm³/mol. The van der Waals surface area contributed by atoms with Gasteiger partial charge in [-0.1, -0.05) is 46.3 Å². The first-order valence-electron chi connectivity index (χ1n) is 10.4. The molecule has 0 saturated carbocycles. The number of aryl methyl sites for hydroxylation is 1. The van der Waals surface area contributed by atoms with Crippen molar-refractivity contribution in [3.63, 3.8) is 0 Å². The van der Waals surface area contributed by atoms with Crippen LogP contribution in [0, 0.1) is 19.7 Å². The zero-order chi connectivity index (χ0) is 24.4. The van der Waals surface area contributed by atoms with Gasteiger partial charge in [-0.25, -0.2) is 14.1 Å². The number of anilines is 1. The second-order valence-electron chi connectivity index (χ2n) is 7.74. The van der Waals surface area contributed by atoms with Crippen molar-refractivity contribution in [2.75, 3.05) is 4.90 Å². The van der Waals surface area contributed by atoms with E-state index >= 15 is 0 Å². The van der Waals surface area contributed by atoms with Gasteiger partial charge in [0.05, 0.1) is 5.69 Å². The summed E-state index contributed by atoms with van der Waals surface area (Å²) in [4.78, 5) is 39.4. The summed E-state index contributed by atoms with van der Waals surface area (Å²) in [5.74, 6) is -1.61. The number of hydrogen-bond acceptors (Lipinski definition) is 4. The lowest BCUT2D eigenvalue weighted by molar-refractivity contribution is -0.122. The van der Waals surface area contributed by atoms with Gasteiger partial charge in [0.15, 0.2) is 0 Å². The molecule has 1 heterocycles. The topological polar surface area (TPSA) is 75.7 Å². The van der Waals surface area contributed by atoms with Crippen LogP contribution in [0.3, 0.4) is 0 Å². The van der Waals surface area contributed by atoms with E-state index in [4.69, 9.17) is 4.74 Å². The lowest BCUT2D eigenvalue weighted by atomic mass is 10.0. The number of halogens is 2. The molecule has 4 amide bonds. The van der Waals surface area contributed by atoms with Gasteiger partial charge in [0.1, 0.15) is 23.7 Å². The van der Waals surface area contributed by atoms with Crippen LogP contribution in [0.4, 0.5) is 14.9 Å². The lowest BCUT2D eigenvalue weighted by Gasteiger charge is -2.28. The minimum Gasteiger partial charge on any atom is -0.488 e. The van der Waals surface area contributed by atoms with E-state index < -0.39 is 23.7 Å². The quantitative estimate of drug-likeness (QED) is 0.357. The Bertz CT molecular complexity index is 1350. The summed E-state index contributed by atoms with van der Waals surface area (Å²) in [5, 5.41) is 2.23. The van der Waals surface area contributed by atoms with Gasteiger partial charge >= 0.3 is 6.03 Å². The van der Waals surface area contributed by atoms with Crippen LogP contribution < -0.4 is 15.0 Å². The number of amides is 4. The third-order valence-electron chi connectivity index (χ3n) is 5.53. The van der Waals surface area contributed by atoms with Gasteiger partial charge in [0.2, 0.25) is 0 Å². The van der Waals surface area contributed by atoms with Crippen LogP contribution in [0.1, 0.15) is 22.3 Å². The van der Waals surface area contributed by atoms with Crippen molar-refractivity contribution >= 4 is 45.5 Å². The minimum atomic E-state index is -0.814. The Hall–Kier alpha value is -3.78. The van der Waals surface area contributed by atoms with Crippen LogP contribution in [0.25, 0.3) is 6.08 Å². The van der Waals surface area contributed by atoms with E-state index in [2.05, 4.69) is 21.2 Å². The summed E-state index contributed by atoms with van der Waals surface area (Å²) >= 11 is 3.38. The van der Waals surface area contributed by atoms with Gasteiger partial charge < -0.3 is 4.74 Å². The summed E-state index contributed by atoms with van der Waals surface area (Å²) in [6.45, 7) is 3.62. The Morgan fingerprint density at radius 2 is 1.79 bits per heavy atom. The predicted octanol–water partition coefficient (Wildman–Crippen LogP) is 5.45. The van der Waals surface area contributed by atoms with Crippen molar-refractivity contribution < 1.29 is 23.5 Å². The number of urea groups is 1. The maximum absolute atomic E-state index is 14.0. The Kier molecular flexibility index (Phi) is 6.61. The third kappa shape index (κ3) is 4.63. The number of barbiturate groups is 1. The Morgan fingerprint density at radius 1 is 1.03 bits per heavy atom. The number of benzene rings is 3. The first-order chi connectivity index (χ1) is 16.3. The smallest absolute Gasteiger partial charge is 0.335 e. The second-order valence-corrected chi connectivity index (χ2v) is 8.65. The van der Waals surface area contributed by atoms with Gasteiger partial charge in [0, 0.05) is 15.6 Å². The van der Waals surface area contributed by atoms with Gasteiger partial charge in [-0.15, -0.1) is 0 Å². The fraction of sp³-hybridized carbons (Fsp3) is 0.115. The zero-order valence-electron chi connectivity index (χ0n) is 18.4. The van der Waals surface area contributed by atoms with Crippen LogP contribution >= 0.6 is 15.9 Å². The summed E-state index contributed by atoms with van der Waals surface area (Å²) in [6.07, 6.45) is 1.36. The number of rotatable bonds is 5. The highest BCUT2D eigenvalue weighted by Gasteiger charge is 2.37. The molecule has 3 aromatic carbocycles. The number of carbonyl (C=O) groups is 3. The highest BCUT2D eigenvalue weighted by atomic mass is 79.9. The summed E-state index contributed by atoms with van der Waals surface area (Å²) in [5.41, 5.74) is 2.59. The Labute approximate surface area is 204 Å². The second kappa shape index (κ2) is 9.61. The molecule has 1 aliphatic heterocycles. The van der Waals surface area contributed by atoms with Crippen molar-refractivity contribution in [1.82, 2.24) is 5.32 Å². The molecule has 0 spiro atoms. The molecule has 8 heteroatoms. The highest BCUT2D eigenvalue weighted by Crippen LogP contribution is 2.30. The summed E-state index contributed by atoms with van der Waals surface area (Å²) in [6, 6.07) is 15.7. The molecule has 6 nitrogen and oxygen atoms in total.